The van der Waals surface area contributed by atoms with Crippen molar-refractivity contribution >= 4 is 11.4 Å². The zero-order valence-corrected chi connectivity index (χ0v) is 18.2. The van der Waals surface area contributed by atoms with Crippen LogP contribution in [0.1, 0.15) is 62.3 Å². The van der Waals surface area contributed by atoms with E-state index in [4.69, 9.17) is 0 Å². The molecule has 32 heavy (non-hydrogen) atoms. The minimum atomic E-state index is -4.91. The van der Waals surface area contributed by atoms with Gasteiger partial charge in [0.05, 0.1) is 0 Å². The van der Waals surface area contributed by atoms with Gasteiger partial charge in [-0.25, -0.2) is 0 Å². The van der Waals surface area contributed by atoms with Crippen LogP contribution in [0.4, 0.5) is 37.7 Å². The van der Waals surface area contributed by atoms with Crippen molar-refractivity contribution in [3.63, 3.8) is 0 Å². The number of nitrogens with one attached hydrogen (secondary N) is 1. The number of hydrogen-bond acceptors (Lipinski definition) is 2. The molecule has 2 nitrogen and oxygen atoms in total. The number of alkyl halides is 6. The van der Waals surface area contributed by atoms with Crippen LogP contribution in [0.25, 0.3) is 0 Å². The molecule has 2 atom stereocenters. The number of fused-ring (bicyclic) bond motifs is 1. The lowest BCUT2D eigenvalue weighted by Crippen LogP contribution is -2.58. The van der Waals surface area contributed by atoms with Gasteiger partial charge in [-0.05, 0) is 55.0 Å². The van der Waals surface area contributed by atoms with E-state index in [1.807, 2.05) is 13.8 Å². The van der Waals surface area contributed by atoms with Crippen molar-refractivity contribution in [2.45, 2.75) is 76.9 Å². The van der Waals surface area contributed by atoms with Crippen molar-refractivity contribution in [3.05, 3.63) is 59.2 Å². The Balaban J connectivity index is 2.11. The maximum atomic E-state index is 14.3. The van der Waals surface area contributed by atoms with Crippen LogP contribution in [0.2, 0.25) is 0 Å². The third-order valence-corrected chi connectivity index (χ3v) is 5.75. The second-order valence-corrected chi connectivity index (χ2v) is 8.24. The van der Waals surface area contributed by atoms with Crippen molar-refractivity contribution in [2.75, 3.05) is 10.2 Å². The van der Waals surface area contributed by atoms with Crippen LogP contribution in [0, 0.1) is 0 Å². The van der Waals surface area contributed by atoms with E-state index >= 15 is 0 Å². The molecule has 0 aromatic heterocycles. The van der Waals surface area contributed by atoms with Gasteiger partial charge < -0.3 is 10.2 Å². The molecule has 2 aromatic rings. The minimum absolute atomic E-state index is 0.119. The normalized spacial score (nSPS) is 18.9. The molecule has 8 heteroatoms. The lowest BCUT2D eigenvalue weighted by atomic mass is 9.93. The summed E-state index contributed by atoms with van der Waals surface area (Å²) >= 11 is 0. The highest BCUT2D eigenvalue weighted by molar-refractivity contribution is 5.65. The van der Waals surface area contributed by atoms with E-state index in [0.717, 1.165) is 37.7 Å². The SMILES string of the molecule is CCCCc1ccc(N2C(C(F)(F)F)Nc3ccc(CCCC)cc3C2C(F)(F)F)cc1. The first-order valence-corrected chi connectivity index (χ1v) is 11.0. The molecule has 176 valence electrons. The average molecular weight is 458 g/mol. The summed E-state index contributed by atoms with van der Waals surface area (Å²) in [6, 6.07) is 7.85. The number of benzene rings is 2. The lowest BCUT2D eigenvalue weighted by molar-refractivity contribution is -0.173. The third-order valence-electron chi connectivity index (χ3n) is 5.75. The highest BCUT2D eigenvalue weighted by atomic mass is 19.4. The molecular weight excluding hydrogens is 430 g/mol. The van der Waals surface area contributed by atoms with Crippen LogP contribution in [-0.2, 0) is 12.8 Å². The number of halogens is 6. The standard InChI is InChI=1S/C24H28F6N2/c1-3-5-7-16-9-12-18(13-10-16)32-21(23(25,26)27)19-15-17(8-6-4-2)11-14-20(19)31-22(32)24(28,29)30/h9-15,21-22,31H,3-8H2,1-2H3. The van der Waals surface area contributed by atoms with Gasteiger partial charge in [-0.15, -0.1) is 0 Å². The molecule has 1 heterocycles. The fourth-order valence-corrected chi connectivity index (χ4v) is 4.11. The highest BCUT2D eigenvalue weighted by Gasteiger charge is 2.57. The van der Waals surface area contributed by atoms with Crippen LogP contribution in [0.3, 0.4) is 0 Å². The molecule has 0 spiro atoms. The third kappa shape index (κ3) is 5.33. The second kappa shape index (κ2) is 9.63. The molecule has 0 radical (unpaired) electrons. The molecule has 0 bridgehead atoms. The first-order chi connectivity index (χ1) is 15.1. The maximum Gasteiger partial charge on any atom is 0.427 e. The Hall–Kier alpha value is -2.38. The van der Waals surface area contributed by atoms with Crippen molar-refractivity contribution in [2.24, 2.45) is 0 Å². The summed E-state index contributed by atoms with van der Waals surface area (Å²) < 4.78 is 84.8. The zero-order valence-electron chi connectivity index (χ0n) is 18.2. The second-order valence-electron chi connectivity index (χ2n) is 8.24. The molecule has 0 fully saturated rings. The minimum Gasteiger partial charge on any atom is -0.357 e. The molecule has 3 rings (SSSR count). The van der Waals surface area contributed by atoms with Gasteiger partial charge in [0.15, 0.2) is 12.2 Å². The fraction of sp³-hybridized carbons (Fsp3) is 0.500. The lowest BCUT2D eigenvalue weighted by Gasteiger charge is -2.46. The summed E-state index contributed by atoms with van der Waals surface area (Å²) in [7, 11) is 0. The first kappa shape index (κ1) is 24.3. The Morgan fingerprint density at radius 2 is 1.34 bits per heavy atom. The fourth-order valence-electron chi connectivity index (χ4n) is 4.11. The predicted octanol–water partition coefficient (Wildman–Crippen LogP) is 7.80. The number of unbranched alkanes of at least 4 members (excludes halogenated alkanes) is 2. The molecule has 1 N–H and O–H groups in total. The van der Waals surface area contributed by atoms with Gasteiger partial charge in [0.2, 0.25) is 0 Å². The van der Waals surface area contributed by atoms with Gasteiger partial charge in [0.25, 0.3) is 0 Å². The van der Waals surface area contributed by atoms with Gasteiger partial charge in [-0.3, -0.25) is 0 Å². The molecule has 2 unspecified atom stereocenters. The van der Waals surface area contributed by atoms with Gasteiger partial charge in [0, 0.05) is 16.9 Å². The number of anilines is 2. The quantitative estimate of drug-likeness (QED) is 0.426. The maximum absolute atomic E-state index is 14.3. The van der Waals surface area contributed by atoms with Crippen LogP contribution < -0.4 is 10.2 Å². The van der Waals surface area contributed by atoms with Gasteiger partial charge in [-0.1, -0.05) is 51.0 Å². The zero-order chi connectivity index (χ0) is 23.5. The summed E-state index contributed by atoms with van der Waals surface area (Å²) in [6.07, 6.45) is -7.51. The molecule has 0 saturated heterocycles. The van der Waals surface area contributed by atoms with Crippen molar-refractivity contribution < 1.29 is 26.3 Å². The molecule has 0 saturated carbocycles. The monoisotopic (exact) mass is 458 g/mol. The van der Waals surface area contributed by atoms with Crippen molar-refractivity contribution in [1.82, 2.24) is 0 Å². The van der Waals surface area contributed by atoms with Crippen LogP contribution in [0.15, 0.2) is 42.5 Å². The van der Waals surface area contributed by atoms with E-state index in [2.05, 4.69) is 5.32 Å². The number of rotatable bonds is 7. The van der Waals surface area contributed by atoms with E-state index in [0.29, 0.717) is 16.9 Å². The van der Waals surface area contributed by atoms with E-state index in [-0.39, 0.29) is 16.9 Å². The summed E-state index contributed by atoms with van der Waals surface area (Å²) in [5.41, 5.74) is 1.14. The molecule has 1 aliphatic heterocycles. The molecule has 0 aliphatic carbocycles. The molecular formula is C24H28F6N2. The Labute approximate surface area is 184 Å². The molecule has 2 aromatic carbocycles. The summed E-state index contributed by atoms with van der Waals surface area (Å²) in [5.74, 6) is 0. The molecule has 0 amide bonds. The van der Waals surface area contributed by atoms with Gasteiger partial charge >= 0.3 is 12.4 Å². The van der Waals surface area contributed by atoms with Crippen molar-refractivity contribution in [3.8, 4) is 0 Å². The Morgan fingerprint density at radius 3 is 1.88 bits per heavy atom. The number of nitrogens with zero attached hydrogens (tertiary/aromatic N) is 1. The average Bonchev–Trinajstić information content (AvgIpc) is 2.73. The highest BCUT2D eigenvalue weighted by Crippen LogP contribution is 2.49. The number of hydrogen-bond donors (Lipinski definition) is 1. The van der Waals surface area contributed by atoms with E-state index in [9.17, 15) is 26.3 Å². The molecule has 1 aliphatic rings. The summed E-state index contributed by atoms with van der Waals surface area (Å²) in [6.45, 7) is 3.99. The Morgan fingerprint density at radius 1 is 0.781 bits per heavy atom. The van der Waals surface area contributed by atoms with E-state index in [1.165, 1.54) is 24.3 Å². The van der Waals surface area contributed by atoms with Crippen molar-refractivity contribution in [1.29, 1.82) is 0 Å². The Kier molecular flexibility index (Phi) is 7.30. The Bertz CT molecular complexity index is 889. The van der Waals surface area contributed by atoms with E-state index in [1.54, 1.807) is 18.2 Å². The van der Waals surface area contributed by atoms with E-state index < -0.39 is 24.6 Å². The predicted molar refractivity (Wildman–Crippen MR) is 115 cm³/mol. The first-order valence-electron chi connectivity index (χ1n) is 11.0. The van der Waals surface area contributed by atoms with Crippen LogP contribution >= 0.6 is 0 Å². The smallest absolute Gasteiger partial charge is 0.357 e. The van der Waals surface area contributed by atoms with Gasteiger partial charge in [-0.2, -0.15) is 26.3 Å². The largest absolute Gasteiger partial charge is 0.427 e. The number of aryl methyl sites for hydroxylation is 2. The topological polar surface area (TPSA) is 15.3 Å². The van der Waals surface area contributed by atoms with Crippen LogP contribution in [-0.4, -0.2) is 18.5 Å². The summed E-state index contributed by atoms with van der Waals surface area (Å²) in [4.78, 5) is 0.426. The summed E-state index contributed by atoms with van der Waals surface area (Å²) in [5, 5.41) is 2.32. The van der Waals surface area contributed by atoms with Crippen LogP contribution in [0.5, 0.6) is 0 Å². The van der Waals surface area contributed by atoms with Gasteiger partial charge in [0.1, 0.15) is 0 Å².